The molecule has 1 heterocycles. The van der Waals surface area contributed by atoms with Crippen molar-refractivity contribution < 1.29 is 4.79 Å². The molecular weight excluding hydrogens is 369 g/mol. The zero-order valence-corrected chi connectivity index (χ0v) is 16.1. The summed E-state index contributed by atoms with van der Waals surface area (Å²) in [5.74, 6) is -0.100. The molecule has 1 aliphatic heterocycles. The first-order chi connectivity index (χ1) is 12.4. The lowest BCUT2D eigenvalue weighted by atomic mass is 10.0. The van der Waals surface area contributed by atoms with Crippen LogP contribution in [0.25, 0.3) is 6.08 Å². The summed E-state index contributed by atoms with van der Waals surface area (Å²) in [5, 5.41) is 3.88. The summed E-state index contributed by atoms with van der Waals surface area (Å²) < 4.78 is 0. The Labute approximate surface area is 163 Å². The Morgan fingerprint density at radius 3 is 2.69 bits per heavy atom. The third-order valence-corrected chi connectivity index (χ3v) is 4.84. The number of carbonyl (C=O) groups excluding carboxylic acids is 1. The Morgan fingerprint density at radius 2 is 1.96 bits per heavy atom. The quantitative estimate of drug-likeness (QED) is 0.813. The first kappa shape index (κ1) is 18.5. The lowest BCUT2D eigenvalue weighted by Crippen LogP contribution is -2.20. The third-order valence-electron chi connectivity index (χ3n) is 4.10. The summed E-state index contributed by atoms with van der Waals surface area (Å²) in [6.07, 6.45) is 3.93. The summed E-state index contributed by atoms with van der Waals surface area (Å²) in [5.41, 5.74) is 4.62. The zero-order chi connectivity index (χ0) is 18.7. The van der Waals surface area contributed by atoms with Crippen molar-refractivity contribution in [2.24, 2.45) is 4.99 Å². The highest BCUT2D eigenvalue weighted by molar-refractivity contribution is 6.42. The van der Waals surface area contributed by atoms with Gasteiger partial charge in [0.15, 0.2) is 0 Å². The Morgan fingerprint density at radius 1 is 1.15 bits per heavy atom. The van der Waals surface area contributed by atoms with Gasteiger partial charge in [-0.2, -0.15) is 0 Å². The fraction of sp³-hybridized carbons (Fsp3) is 0.200. The minimum atomic E-state index is -0.100. The maximum Gasteiger partial charge on any atom is 0.221 e. The number of carbonyl (C=O) groups is 1. The van der Waals surface area contributed by atoms with Gasteiger partial charge >= 0.3 is 0 Å². The summed E-state index contributed by atoms with van der Waals surface area (Å²) >= 11 is 12.1. The van der Waals surface area contributed by atoms with E-state index in [-0.39, 0.29) is 5.91 Å². The van der Waals surface area contributed by atoms with E-state index in [1.165, 1.54) is 6.92 Å². The molecule has 0 atom stereocenters. The second-order valence-electron chi connectivity index (χ2n) is 6.11. The van der Waals surface area contributed by atoms with Crippen LogP contribution in [0.5, 0.6) is 0 Å². The van der Waals surface area contributed by atoms with E-state index in [4.69, 9.17) is 28.2 Å². The molecule has 0 aromatic heterocycles. The van der Waals surface area contributed by atoms with Gasteiger partial charge in [0.2, 0.25) is 5.91 Å². The summed E-state index contributed by atoms with van der Waals surface area (Å²) in [6.45, 7) is 3.02. The number of aliphatic imine (C=N–C) groups is 1. The van der Waals surface area contributed by atoms with Crippen molar-refractivity contribution in [1.29, 1.82) is 0 Å². The monoisotopic (exact) mass is 387 g/mol. The molecule has 2 aromatic carbocycles. The van der Waals surface area contributed by atoms with Crippen LogP contribution in [0.15, 0.2) is 47.5 Å². The first-order valence-corrected chi connectivity index (χ1v) is 9.00. The van der Waals surface area contributed by atoms with Crippen LogP contribution >= 0.6 is 23.2 Å². The molecule has 0 radical (unpaired) electrons. The van der Waals surface area contributed by atoms with Gasteiger partial charge in [0.1, 0.15) is 0 Å². The van der Waals surface area contributed by atoms with Crippen molar-refractivity contribution in [1.82, 2.24) is 0 Å². The van der Waals surface area contributed by atoms with E-state index in [2.05, 4.69) is 10.2 Å². The van der Waals surface area contributed by atoms with Gasteiger partial charge in [-0.05, 0) is 42.0 Å². The number of hydrogen-bond acceptors (Lipinski definition) is 3. The van der Waals surface area contributed by atoms with E-state index < -0.39 is 0 Å². The maximum atomic E-state index is 11.4. The Hall–Kier alpha value is -2.30. The van der Waals surface area contributed by atoms with Crippen LogP contribution in [0, 0.1) is 0 Å². The summed E-state index contributed by atoms with van der Waals surface area (Å²) in [7, 11) is 2.04. The molecule has 1 N–H and O–H groups in total. The number of halogens is 2. The number of benzodiazepines with no additional fused rings is 1. The Balaban J connectivity index is 1.97. The number of anilines is 2. The SMILES string of the molecule is CC(=O)Nc1ccc2c(c1)C(/C=C/c1ccc(Cl)c(Cl)c1)=NCCN2C. The van der Waals surface area contributed by atoms with Gasteiger partial charge in [-0.3, -0.25) is 9.79 Å². The van der Waals surface area contributed by atoms with Crippen molar-refractivity contribution in [2.45, 2.75) is 6.92 Å². The summed E-state index contributed by atoms with van der Waals surface area (Å²) in [6, 6.07) is 11.4. The third kappa shape index (κ3) is 4.26. The molecule has 0 bridgehead atoms. The van der Waals surface area contributed by atoms with Gasteiger partial charge in [0.25, 0.3) is 0 Å². The first-order valence-electron chi connectivity index (χ1n) is 8.25. The number of allylic oxidation sites excluding steroid dienone is 1. The van der Waals surface area contributed by atoms with Crippen molar-refractivity contribution in [3.05, 3.63) is 63.6 Å². The van der Waals surface area contributed by atoms with E-state index in [9.17, 15) is 4.79 Å². The van der Waals surface area contributed by atoms with Crippen molar-refractivity contribution >= 4 is 52.3 Å². The van der Waals surface area contributed by atoms with Gasteiger partial charge in [-0.1, -0.05) is 35.3 Å². The van der Waals surface area contributed by atoms with Crippen LogP contribution in [-0.2, 0) is 4.79 Å². The Kier molecular flexibility index (Phi) is 5.64. The van der Waals surface area contributed by atoms with Crippen LogP contribution in [-0.4, -0.2) is 31.8 Å². The average Bonchev–Trinajstić information content (AvgIpc) is 2.74. The average molecular weight is 388 g/mol. The molecule has 0 aliphatic carbocycles. The molecule has 1 amide bonds. The zero-order valence-electron chi connectivity index (χ0n) is 14.6. The summed E-state index contributed by atoms with van der Waals surface area (Å²) in [4.78, 5) is 18.2. The molecule has 1 aliphatic rings. The molecule has 134 valence electrons. The van der Waals surface area contributed by atoms with Gasteiger partial charge in [-0.15, -0.1) is 0 Å². The minimum absolute atomic E-state index is 0.100. The minimum Gasteiger partial charge on any atom is -0.372 e. The molecule has 4 nitrogen and oxygen atoms in total. The van der Waals surface area contributed by atoms with Gasteiger partial charge in [0, 0.05) is 37.5 Å². The smallest absolute Gasteiger partial charge is 0.221 e. The van der Waals surface area contributed by atoms with E-state index in [0.29, 0.717) is 16.6 Å². The molecule has 0 saturated heterocycles. The highest BCUT2D eigenvalue weighted by Gasteiger charge is 2.15. The highest BCUT2D eigenvalue weighted by Crippen LogP contribution is 2.27. The largest absolute Gasteiger partial charge is 0.372 e. The standard InChI is InChI=1S/C20H19Cl2N3O/c1-13(26)24-15-5-8-20-16(12-15)19(23-9-10-25(20)2)7-4-14-3-6-17(21)18(22)11-14/h3-8,11-12H,9-10H2,1-2H3,(H,24,26)/b7-4+. The molecule has 0 saturated carbocycles. The van der Waals surface area contributed by atoms with Gasteiger partial charge in [0.05, 0.1) is 22.3 Å². The fourth-order valence-electron chi connectivity index (χ4n) is 2.81. The number of amides is 1. The fourth-order valence-corrected chi connectivity index (χ4v) is 3.12. The van der Waals surface area contributed by atoms with Crippen LogP contribution in [0.2, 0.25) is 10.0 Å². The van der Waals surface area contributed by atoms with Gasteiger partial charge in [-0.25, -0.2) is 0 Å². The number of rotatable bonds is 3. The number of benzene rings is 2. The topological polar surface area (TPSA) is 44.7 Å². The predicted molar refractivity (Wildman–Crippen MR) is 111 cm³/mol. The van der Waals surface area contributed by atoms with E-state index in [1.54, 1.807) is 6.07 Å². The maximum absolute atomic E-state index is 11.4. The lowest BCUT2D eigenvalue weighted by Gasteiger charge is -2.19. The van der Waals surface area contributed by atoms with Gasteiger partial charge < -0.3 is 10.2 Å². The molecule has 0 spiro atoms. The van der Waals surface area contributed by atoms with Crippen LogP contribution < -0.4 is 10.2 Å². The van der Waals surface area contributed by atoms with E-state index in [1.807, 2.05) is 49.5 Å². The Bertz CT molecular complexity index is 906. The second-order valence-corrected chi connectivity index (χ2v) is 6.92. The second kappa shape index (κ2) is 7.94. The molecule has 0 unspecified atom stereocenters. The van der Waals surface area contributed by atoms with Crippen molar-refractivity contribution in [3.8, 4) is 0 Å². The number of fused-ring (bicyclic) bond motifs is 1. The van der Waals surface area contributed by atoms with Crippen LogP contribution in [0.1, 0.15) is 18.1 Å². The molecule has 3 rings (SSSR count). The highest BCUT2D eigenvalue weighted by atomic mass is 35.5. The van der Waals surface area contributed by atoms with E-state index in [0.717, 1.165) is 34.8 Å². The predicted octanol–water partition coefficient (Wildman–Crippen LogP) is 4.90. The van der Waals surface area contributed by atoms with Crippen LogP contribution in [0.3, 0.4) is 0 Å². The van der Waals surface area contributed by atoms with E-state index >= 15 is 0 Å². The molecule has 2 aromatic rings. The number of hydrogen-bond donors (Lipinski definition) is 1. The normalized spacial score (nSPS) is 14.0. The molecule has 6 heteroatoms. The lowest BCUT2D eigenvalue weighted by molar-refractivity contribution is -0.114. The molecular formula is C20H19Cl2N3O. The van der Waals surface area contributed by atoms with Crippen molar-refractivity contribution in [2.75, 3.05) is 30.4 Å². The molecule has 0 fully saturated rings. The number of nitrogens with zero attached hydrogens (tertiary/aromatic N) is 2. The number of likely N-dealkylation sites (N-methyl/N-ethyl adjacent to an activating group) is 1. The number of nitrogens with one attached hydrogen (secondary N) is 1. The van der Waals surface area contributed by atoms with Crippen molar-refractivity contribution in [3.63, 3.8) is 0 Å². The molecule has 26 heavy (non-hydrogen) atoms. The van der Waals surface area contributed by atoms with Crippen LogP contribution in [0.4, 0.5) is 11.4 Å².